The largest absolute Gasteiger partial charge is 0.421 e. The van der Waals surface area contributed by atoms with E-state index in [-0.39, 0.29) is 18.2 Å². The third-order valence-electron chi connectivity index (χ3n) is 4.32. The highest BCUT2D eigenvalue weighted by atomic mass is 32.1. The molecule has 0 saturated carbocycles. The lowest BCUT2D eigenvalue weighted by molar-refractivity contribution is -0.117. The van der Waals surface area contributed by atoms with Crippen molar-refractivity contribution in [3.63, 3.8) is 0 Å². The molecule has 0 atom stereocenters. The first-order valence-corrected chi connectivity index (χ1v) is 9.68. The minimum absolute atomic E-state index is 0.122. The Hall–Kier alpha value is -3.00. The molecule has 2 aromatic heterocycles. The van der Waals surface area contributed by atoms with Crippen molar-refractivity contribution in [1.82, 2.24) is 10.2 Å². The van der Waals surface area contributed by atoms with Crippen LogP contribution in [0.1, 0.15) is 25.2 Å². The molecular weight excluding hydrogens is 364 g/mol. The van der Waals surface area contributed by atoms with E-state index in [0.717, 1.165) is 24.2 Å². The molecular formula is C19H18N4O3S. The molecule has 3 aromatic rings. The number of anilines is 2. The van der Waals surface area contributed by atoms with Gasteiger partial charge >= 0.3 is 0 Å². The molecule has 4 rings (SSSR count). The molecule has 3 heterocycles. The Labute approximate surface area is 160 Å². The van der Waals surface area contributed by atoms with Crippen LogP contribution in [0, 0.1) is 0 Å². The van der Waals surface area contributed by atoms with Gasteiger partial charge in [-0.25, -0.2) is 0 Å². The van der Waals surface area contributed by atoms with Crippen LogP contribution in [0.25, 0.3) is 11.5 Å². The van der Waals surface area contributed by atoms with Crippen LogP contribution < -0.4 is 10.2 Å². The number of nitrogens with zero attached hydrogens (tertiary/aromatic N) is 3. The van der Waals surface area contributed by atoms with Crippen molar-refractivity contribution in [2.24, 2.45) is 0 Å². The Morgan fingerprint density at radius 1 is 1.30 bits per heavy atom. The first-order chi connectivity index (χ1) is 13.2. The summed E-state index contributed by atoms with van der Waals surface area (Å²) in [5.41, 5.74) is 2.37. The van der Waals surface area contributed by atoms with Gasteiger partial charge in [0.25, 0.3) is 0 Å². The average Bonchev–Trinajstić information content (AvgIpc) is 3.41. The lowest BCUT2D eigenvalue weighted by Gasteiger charge is -2.16. The summed E-state index contributed by atoms with van der Waals surface area (Å²) in [6, 6.07) is 9.25. The summed E-state index contributed by atoms with van der Waals surface area (Å²) >= 11 is 1.56. The fraction of sp³-hybridized carbons (Fsp3) is 0.263. The maximum absolute atomic E-state index is 12.2. The highest BCUT2D eigenvalue weighted by Gasteiger charge is 2.21. The Bertz CT molecular complexity index is 952. The molecule has 0 unspecified atom stereocenters. The highest BCUT2D eigenvalue weighted by molar-refractivity contribution is 7.08. The third-order valence-corrected chi connectivity index (χ3v) is 5.00. The molecule has 1 fully saturated rings. The molecule has 1 aromatic carbocycles. The number of thiophene rings is 1. The highest BCUT2D eigenvalue weighted by Crippen LogP contribution is 2.24. The second-order valence-electron chi connectivity index (χ2n) is 6.26. The van der Waals surface area contributed by atoms with Crippen LogP contribution in [-0.2, 0) is 16.0 Å². The molecule has 27 heavy (non-hydrogen) atoms. The molecule has 0 bridgehead atoms. The van der Waals surface area contributed by atoms with E-state index in [1.165, 1.54) is 0 Å². The maximum atomic E-state index is 12.2. The van der Waals surface area contributed by atoms with E-state index in [4.69, 9.17) is 4.42 Å². The molecule has 2 amide bonds. The zero-order valence-electron chi connectivity index (χ0n) is 14.6. The zero-order valence-corrected chi connectivity index (χ0v) is 15.4. The van der Waals surface area contributed by atoms with E-state index >= 15 is 0 Å². The van der Waals surface area contributed by atoms with Gasteiger partial charge in [-0.2, -0.15) is 11.3 Å². The fourth-order valence-electron chi connectivity index (χ4n) is 2.97. The van der Waals surface area contributed by atoms with Crippen LogP contribution >= 0.6 is 11.3 Å². The summed E-state index contributed by atoms with van der Waals surface area (Å²) in [5.74, 6) is 0.879. The fourth-order valence-corrected chi connectivity index (χ4v) is 3.60. The monoisotopic (exact) mass is 382 g/mol. The number of aryl methyl sites for hydroxylation is 1. The van der Waals surface area contributed by atoms with Crippen LogP contribution in [0.4, 0.5) is 11.4 Å². The molecule has 1 aliphatic rings. The van der Waals surface area contributed by atoms with Crippen LogP contribution in [0.3, 0.4) is 0 Å². The number of hydrogen-bond acceptors (Lipinski definition) is 6. The van der Waals surface area contributed by atoms with Gasteiger partial charge in [-0.3, -0.25) is 9.59 Å². The Morgan fingerprint density at radius 3 is 3.00 bits per heavy atom. The normalized spacial score (nSPS) is 13.9. The first kappa shape index (κ1) is 17.4. The summed E-state index contributed by atoms with van der Waals surface area (Å²) in [6.07, 6.45) is 2.05. The van der Waals surface area contributed by atoms with E-state index in [2.05, 4.69) is 15.5 Å². The Kier molecular flexibility index (Phi) is 4.97. The summed E-state index contributed by atoms with van der Waals surface area (Å²) in [4.78, 5) is 25.9. The molecule has 8 heteroatoms. The van der Waals surface area contributed by atoms with Gasteiger partial charge < -0.3 is 14.6 Å². The van der Waals surface area contributed by atoms with Gasteiger partial charge in [0.05, 0.1) is 0 Å². The van der Waals surface area contributed by atoms with Gasteiger partial charge in [0.2, 0.25) is 23.6 Å². The van der Waals surface area contributed by atoms with Crippen molar-refractivity contribution in [2.75, 3.05) is 16.8 Å². The van der Waals surface area contributed by atoms with E-state index in [1.54, 1.807) is 16.2 Å². The van der Waals surface area contributed by atoms with Crippen LogP contribution in [-0.4, -0.2) is 28.6 Å². The minimum atomic E-state index is -0.143. The van der Waals surface area contributed by atoms with Crippen molar-refractivity contribution in [1.29, 1.82) is 0 Å². The van der Waals surface area contributed by atoms with Gasteiger partial charge in [-0.05, 0) is 36.1 Å². The zero-order chi connectivity index (χ0) is 18.6. The SMILES string of the molecule is O=C(CCc1nnc(-c2ccsc2)o1)Nc1cccc(N2CCCC2=O)c1. The lowest BCUT2D eigenvalue weighted by Crippen LogP contribution is -2.23. The number of rotatable bonds is 6. The summed E-state index contributed by atoms with van der Waals surface area (Å²) < 4.78 is 5.59. The van der Waals surface area contributed by atoms with Gasteiger partial charge in [-0.1, -0.05) is 6.07 Å². The number of aromatic nitrogens is 2. The first-order valence-electron chi connectivity index (χ1n) is 8.74. The molecule has 7 nitrogen and oxygen atoms in total. The van der Waals surface area contributed by atoms with E-state index in [9.17, 15) is 9.59 Å². The van der Waals surface area contributed by atoms with Crippen LogP contribution in [0.2, 0.25) is 0 Å². The van der Waals surface area contributed by atoms with E-state index < -0.39 is 0 Å². The number of amides is 2. The standard InChI is InChI=1S/C19H18N4O3S/c24-16(6-7-17-21-22-19(26-17)13-8-10-27-12-13)20-14-3-1-4-15(11-14)23-9-2-5-18(23)25/h1,3-4,8,10-12H,2,5-7,9H2,(H,20,24). The number of carbonyl (C=O) groups is 2. The summed E-state index contributed by atoms with van der Waals surface area (Å²) in [7, 11) is 0. The van der Waals surface area contributed by atoms with Crippen LogP contribution in [0.15, 0.2) is 45.5 Å². The summed E-state index contributed by atoms with van der Waals surface area (Å²) in [6.45, 7) is 0.722. The lowest BCUT2D eigenvalue weighted by atomic mass is 10.2. The van der Waals surface area contributed by atoms with Crippen molar-refractivity contribution < 1.29 is 14.0 Å². The molecule has 1 saturated heterocycles. The van der Waals surface area contributed by atoms with Crippen molar-refractivity contribution >= 4 is 34.5 Å². The molecule has 1 aliphatic heterocycles. The molecule has 1 N–H and O–H groups in total. The van der Waals surface area contributed by atoms with Crippen molar-refractivity contribution in [3.8, 4) is 11.5 Å². The van der Waals surface area contributed by atoms with E-state index in [0.29, 0.717) is 30.3 Å². The van der Waals surface area contributed by atoms with Crippen LogP contribution in [0.5, 0.6) is 0 Å². The number of carbonyl (C=O) groups excluding carboxylic acids is 2. The Morgan fingerprint density at radius 2 is 2.22 bits per heavy atom. The second kappa shape index (κ2) is 7.71. The van der Waals surface area contributed by atoms with E-state index in [1.807, 2.05) is 41.1 Å². The smallest absolute Gasteiger partial charge is 0.248 e. The molecule has 0 spiro atoms. The maximum Gasteiger partial charge on any atom is 0.248 e. The molecule has 0 aliphatic carbocycles. The molecule has 0 radical (unpaired) electrons. The average molecular weight is 382 g/mol. The number of benzene rings is 1. The second-order valence-corrected chi connectivity index (χ2v) is 7.04. The number of nitrogens with one attached hydrogen (secondary N) is 1. The Balaban J connectivity index is 1.34. The minimum Gasteiger partial charge on any atom is -0.421 e. The molecule has 138 valence electrons. The van der Waals surface area contributed by atoms with Gasteiger partial charge in [0, 0.05) is 48.1 Å². The quantitative estimate of drug-likeness (QED) is 0.705. The number of hydrogen-bond donors (Lipinski definition) is 1. The topological polar surface area (TPSA) is 88.3 Å². The van der Waals surface area contributed by atoms with Gasteiger partial charge in [0.15, 0.2) is 0 Å². The predicted molar refractivity (Wildman–Crippen MR) is 103 cm³/mol. The van der Waals surface area contributed by atoms with Gasteiger partial charge in [-0.15, -0.1) is 10.2 Å². The third kappa shape index (κ3) is 4.06. The van der Waals surface area contributed by atoms with Gasteiger partial charge in [0.1, 0.15) is 0 Å². The predicted octanol–water partition coefficient (Wildman–Crippen LogP) is 3.50. The van der Waals surface area contributed by atoms with Crippen molar-refractivity contribution in [3.05, 3.63) is 47.0 Å². The van der Waals surface area contributed by atoms with Crippen molar-refractivity contribution in [2.45, 2.75) is 25.7 Å². The summed E-state index contributed by atoms with van der Waals surface area (Å²) in [5, 5.41) is 14.7.